The van der Waals surface area contributed by atoms with Crippen LogP contribution < -0.4 is 0 Å². The van der Waals surface area contributed by atoms with Crippen LogP contribution in [0.4, 0.5) is 0 Å². The SMILES string of the molecule is CN(Cc1n[nH]c2c1CCCCC2)C[C@@H](O)CO. The van der Waals surface area contributed by atoms with Gasteiger partial charge in [-0.25, -0.2) is 0 Å². The van der Waals surface area contributed by atoms with Gasteiger partial charge in [0.15, 0.2) is 0 Å². The van der Waals surface area contributed by atoms with Crippen LogP contribution in [0, 0.1) is 0 Å². The molecule has 18 heavy (non-hydrogen) atoms. The summed E-state index contributed by atoms with van der Waals surface area (Å²) in [6.45, 7) is 1.00. The molecule has 0 bridgehead atoms. The van der Waals surface area contributed by atoms with Gasteiger partial charge in [-0.1, -0.05) is 6.42 Å². The molecule has 1 aromatic rings. The first kappa shape index (κ1) is 13.5. The summed E-state index contributed by atoms with van der Waals surface area (Å²) in [5.74, 6) is 0. The number of likely N-dealkylation sites (N-methyl/N-ethyl adjacent to an activating group) is 1. The predicted octanol–water partition coefficient (Wildman–Crippen LogP) is 0.464. The number of aliphatic hydroxyl groups excluding tert-OH is 2. The van der Waals surface area contributed by atoms with E-state index in [1.165, 1.54) is 30.5 Å². The van der Waals surface area contributed by atoms with E-state index in [0.717, 1.165) is 25.1 Å². The van der Waals surface area contributed by atoms with Crippen LogP contribution in [0.3, 0.4) is 0 Å². The number of nitrogens with zero attached hydrogens (tertiary/aromatic N) is 2. The zero-order valence-electron chi connectivity index (χ0n) is 11.0. The van der Waals surface area contributed by atoms with Gasteiger partial charge < -0.3 is 10.2 Å². The number of aliphatic hydroxyl groups is 2. The number of rotatable bonds is 5. The maximum atomic E-state index is 9.42. The third-order valence-corrected chi connectivity index (χ3v) is 3.54. The lowest BCUT2D eigenvalue weighted by atomic mass is 10.1. The zero-order chi connectivity index (χ0) is 13.0. The van der Waals surface area contributed by atoms with Gasteiger partial charge in [0.05, 0.1) is 18.4 Å². The first-order valence-electron chi connectivity index (χ1n) is 6.73. The minimum atomic E-state index is -0.674. The van der Waals surface area contributed by atoms with Crippen LogP contribution in [0.5, 0.6) is 0 Å². The topological polar surface area (TPSA) is 72.4 Å². The highest BCUT2D eigenvalue weighted by Crippen LogP contribution is 2.22. The normalized spacial score (nSPS) is 17.6. The number of aryl methyl sites for hydroxylation is 1. The molecule has 0 amide bonds. The van der Waals surface area contributed by atoms with Gasteiger partial charge in [0.25, 0.3) is 0 Å². The molecule has 2 rings (SSSR count). The molecule has 1 heterocycles. The highest BCUT2D eigenvalue weighted by atomic mass is 16.3. The summed E-state index contributed by atoms with van der Waals surface area (Å²) in [6.07, 6.45) is 5.31. The Hall–Kier alpha value is -0.910. The van der Waals surface area contributed by atoms with E-state index in [0.29, 0.717) is 6.54 Å². The van der Waals surface area contributed by atoms with Crippen LogP contribution in [-0.2, 0) is 19.4 Å². The number of aromatic nitrogens is 2. The number of hydrogen-bond acceptors (Lipinski definition) is 4. The Bertz CT molecular complexity index is 378. The zero-order valence-corrected chi connectivity index (χ0v) is 11.0. The fourth-order valence-corrected chi connectivity index (χ4v) is 2.59. The van der Waals surface area contributed by atoms with Crippen LogP contribution in [0.1, 0.15) is 36.2 Å². The maximum Gasteiger partial charge on any atom is 0.0897 e. The first-order chi connectivity index (χ1) is 8.70. The van der Waals surface area contributed by atoms with Crippen molar-refractivity contribution < 1.29 is 10.2 Å². The molecule has 0 aromatic carbocycles. The summed E-state index contributed by atoms with van der Waals surface area (Å²) < 4.78 is 0. The third-order valence-electron chi connectivity index (χ3n) is 3.54. The molecule has 1 aliphatic carbocycles. The number of aromatic amines is 1. The van der Waals surface area contributed by atoms with Crippen LogP contribution in [0.25, 0.3) is 0 Å². The highest BCUT2D eigenvalue weighted by molar-refractivity contribution is 5.26. The van der Waals surface area contributed by atoms with Crippen molar-refractivity contribution in [3.8, 4) is 0 Å². The smallest absolute Gasteiger partial charge is 0.0897 e. The molecule has 0 saturated carbocycles. The third kappa shape index (κ3) is 3.31. The number of fused-ring (bicyclic) bond motifs is 1. The van der Waals surface area contributed by atoms with Crippen LogP contribution in [-0.4, -0.2) is 51.6 Å². The molecular formula is C13H23N3O2. The minimum absolute atomic E-state index is 0.191. The van der Waals surface area contributed by atoms with E-state index >= 15 is 0 Å². The van der Waals surface area contributed by atoms with Crippen molar-refractivity contribution in [1.29, 1.82) is 0 Å². The Balaban J connectivity index is 1.99. The van der Waals surface area contributed by atoms with Crippen LogP contribution in [0.2, 0.25) is 0 Å². The predicted molar refractivity (Wildman–Crippen MR) is 69.3 cm³/mol. The lowest BCUT2D eigenvalue weighted by Crippen LogP contribution is -2.31. The lowest BCUT2D eigenvalue weighted by Gasteiger charge is -2.18. The van der Waals surface area contributed by atoms with E-state index in [2.05, 4.69) is 10.2 Å². The molecule has 5 heteroatoms. The van der Waals surface area contributed by atoms with E-state index in [4.69, 9.17) is 5.11 Å². The Morgan fingerprint density at radius 1 is 1.33 bits per heavy atom. The van der Waals surface area contributed by atoms with Crippen molar-refractivity contribution in [2.45, 2.75) is 44.8 Å². The monoisotopic (exact) mass is 253 g/mol. The van der Waals surface area contributed by atoms with Crippen molar-refractivity contribution in [2.75, 3.05) is 20.2 Å². The van der Waals surface area contributed by atoms with Crippen molar-refractivity contribution in [1.82, 2.24) is 15.1 Å². The molecule has 0 unspecified atom stereocenters. The Labute approximate surface area is 108 Å². The first-order valence-corrected chi connectivity index (χ1v) is 6.73. The molecule has 0 fully saturated rings. The van der Waals surface area contributed by atoms with E-state index in [-0.39, 0.29) is 6.61 Å². The van der Waals surface area contributed by atoms with E-state index in [9.17, 15) is 5.11 Å². The van der Waals surface area contributed by atoms with Gasteiger partial charge in [-0.05, 0) is 38.3 Å². The number of H-pyrrole nitrogens is 1. The van der Waals surface area contributed by atoms with Crippen molar-refractivity contribution in [2.24, 2.45) is 0 Å². The maximum absolute atomic E-state index is 9.42. The molecule has 1 atom stereocenters. The Morgan fingerprint density at radius 3 is 2.89 bits per heavy atom. The Morgan fingerprint density at radius 2 is 2.11 bits per heavy atom. The molecule has 0 spiro atoms. The fourth-order valence-electron chi connectivity index (χ4n) is 2.59. The van der Waals surface area contributed by atoms with E-state index in [1.54, 1.807) is 0 Å². The molecule has 0 radical (unpaired) electrons. The summed E-state index contributed by atoms with van der Waals surface area (Å²) in [4.78, 5) is 2.00. The van der Waals surface area contributed by atoms with Crippen LogP contribution in [0.15, 0.2) is 0 Å². The van der Waals surface area contributed by atoms with Crippen LogP contribution >= 0.6 is 0 Å². The van der Waals surface area contributed by atoms with Gasteiger partial charge in [0, 0.05) is 18.8 Å². The molecule has 1 aliphatic rings. The lowest BCUT2D eigenvalue weighted by molar-refractivity contribution is 0.0644. The number of nitrogens with one attached hydrogen (secondary N) is 1. The van der Waals surface area contributed by atoms with Gasteiger partial charge in [0.2, 0.25) is 0 Å². The fraction of sp³-hybridized carbons (Fsp3) is 0.769. The number of hydrogen-bond donors (Lipinski definition) is 3. The van der Waals surface area contributed by atoms with Crippen molar-refractivity contribution in [3.63, 3.8) is 0 Å². The van der Waals surface area contributed by atoms with Gasteiger partial charge in [-0.3, -0.25) is 10.00 Å². The summed E-state index contributed by atoms with van der Waals surface area (Å²) in [5.41, 5.74) is 3.76. The summed E-state index contributed by atoms with van der Waals surface area (Å²) >= 11 is 0. The summed E-state index contributed by atoms with van der Waals surface area (Å²) in [6, 6.07) is 0. The molecule has 5 nitrogen and oxygen atoms in total. The summed E-state index contributed by atoms with van der Waals surface area (Å²) in [5, 5.41) is 25.8. The van der Waals surface area contributed by atoms with Gasteiger partial charge >= 0.3 is 0 Å². The summed E-state index contributed by atoms with van der Waals surface area (Å²) in [7, 11) is 1.94. The largest absolute Gasteiger partial charge is 0.394 e. The van der Waals surface area contributed by atoms with Crippen molar-refractivity contribution in [3.05, 3.63) is 17.0 Å². The average Bonchev–Trinajstić information content (AvgIpc) is 2.59. The van der Waals surface area contributed by atoms with Gasteiger partial charge in [0.1, 0.15) is 0 Å². The molecule has 0 aliphatic heterocycles. The highest BCUT2D eigenvalue weighted by Gasteiger charge is 2.17. The molecule has 0 saturated heterocycles. The van der Waals surface area contributed by atoms with E-state index in [1.807, 2.05) is 11.9 Å². The molecular weight excluding hydrogens is 230 g/mol. The Kier molecular flexibility index (Phi) is 4.74. The molecule has 1 aromatic heterocycles. The quantitative estimate of drug-likeness (QED) is 0.667. The molecule has 102 valence electrons. The second-order valence-electron chi connectivity index (χ2n) is 5.22. The standard InChI is InChI=1S/C13H23N3O2/c1-16(7-10(18)9-17)8-13-11-5-3-2-4-6-12(11)14-15-13/h10,17-18H,2-9H2,1H3,(H,14,15)/t10-/m1/s1. The second-order valence-corrected chi connectivity index (χ2v) is 5.22. The minimum Gasteiger partial charge on any atom is -0.394 e. The van der Waals surface area contributed by atoms with Gasteiger partial charge in [-0.2, -0.15) is 5.10 Å². The van der Waals surface area contributed by atoms with Crippen molar-refractivity contribution >= 4 is 0 Å². The molecule has 3 N–H and O–H groups in total. The van der Waals surface area contributed by atoms with Gasteiger partial charge in [-0.15, -0.1) is 0 Å². The second kappa shape index (κ2) is 6.31. The van der Waals surface area contributed by atoms with E-state index < -0.39 is 6.10 Å². The average molecular weight is 253 g/mol.